The van der Waals surface area contributed by atoms with Crippen LogP contribution >= 0.6 is 11.3 Å². The molecule has 1 aromatic rings. The Morgan fingerprint density at radius 1 is 1.65 bits per heavy atom. The molecule has 1 N–H and O–H groups in total. The van der Waals surface area contributed by atoms with Crippen LogP contribution < -0.4 is 0 Å². The summed E-state index contributed by atoms with van der Waals surface area (Å²) >= 11 is 1.52. The Morgan fingerprint density at radius 3 is 3.10 bits per heavy atom. The van der Waals surface area contributed by atoms with Crippen LogP contribution in [0, 0.1) is 5.92 Å². The van der Waals surface area contributed by atoms with Gasteiger partial charge in [0.2, 0.25) is 6.29 Å². The van der Waals surface area contributed by atoms with Crippen molar-refractivity contribution >= 4 is 23.3 Å². The van der Waals surface area contributed by atoms with E-state index in [-0.39, 0.29) is 12.7 Å². The molecule has 1 aromatic heterocycles. The number of ether oxygens (including phenoxy) is 3. The van der Waals surface area contributed by atoms with Crippen LogP contribution in [0.2, 0.25) is 0 Å². The van der Waals surface area contributed by atoms with Crippen LogP contribution in [0.4, 0.5) is 0 Å². The van der Waals surface area contributed by atoms with Crippen molar-refractivity contribution in [2.45, 2.75) is 31.3 Å². The van der Waals surface area contributed by atoms with Crippen molar-refractivity contribution in [1.82, 2.24) is 0 Å². The summed E-state index contributed by atoms with van der Waals surface area (Å²) < 4.78 is 15.4. The Morgan fingerprint density at radius 2 is 2.45 bits per heavy atom. The van der Waals surface area contributed by atoms with Gasteiger partial charge < -0.3 is 19.3 Å². The molecule has 2 fully saturated rings. The van der Waals surface area contributed by atoms with Crippen LogP contribution in [0.25, 0.3) is 0 Å². The van der Waals surface area contributed by atoms with Crippen molar-refractivity contribution in [2.24, 2.45) is 5.92 Å². The molecule has 3 heterocycles. The van der Waals surface area contributed by atoms with Gasteiger partial charge in [-0.1, -0.05) is 6.07 Å². The first kappa shape index (κ1) is 13.5. The molecule has 0 amide bonds. The maximum Gasteiger partial charge on any atom is 0.352 e. The summed E-state index contributed by atoms with van der Waals surface area (Å²) in [6.07, 6.45) is -0.838. The third-order valence-electron chi connectivity index (χ3n) is 3.61. The van der Waals surface area contributed by atoms with Crippen LogP contribution in [0.5, 0.6) is 0 Å². The highest BCUT2D eigenvalue weighted by molar-refractivity contribution is 7.10. The van der Waals surface area contributed by atoms with E-state index in [4.69, 9.17) is 14.2 Å². The summed E-state index contributed by atoms with van der Waals surface area (Å²) in [5.41, 5.74) is -2.26. The number of rotatable bonds is 3. The zero-order valence-electron chi connectivity index (χ0n) is 10.8. The number of hydrogen-bond acceptors (Lipinski definition) is 7. The molecule has 0 bridgehead atoms. The van der Waals surface area contributed by atoms with Gasteiger partial charge in [0.05, 0.1) is 18.6 Å². The van der Waals surface area contributed by atoms with E-state index in [2.05, 4.69) is 0 Å². The molecule has 2 aliphatic rings. The molecule has 108 valence electrons. The summed E-state index contributed by atoms with van der Waals surface area (Å²) in [6, 6.07) is 3.79. The first-order valence-corrected chi connectivity index (χ1v) is 7.24. The van der Waals surface area contributed by atoms with E-state index < -0.39 is 29.7 Å². The van der Waals surface area contributed by atoms with E-state index in [0.29, 0.717) is 6.42 Å². The predicted molar refractivity (Wildman–Crippen MR) is 67.7 cm³/mol. The van der Waals surface area contributed by atoms with Gasteiger partial charge >= 0.3 is 11.9 Å². The summed E-state index contributed by atoms with van der Waals surface area (Å²) in [5.74, 6) is -2.69. The lowest BCUT2D eigenvalue weighted by atomic mass is 9.86. The zero-order chi connectivity index (χ0) is 14.3. The van der Waals surface area contributed by atoms with Gasteiger partial charge in [-0.15, -0.1) is 11.3 Å². The number of carbonyl (C=O) groups excluding carboxylic acids is 2. The fourth-order valence-corrected chi connectivity index (χ4v) is 3.39. The van der Waals surface area contributed by atoms with Crippen molar-refractivity contribution in [3.63, 3.8) is 0 Å². The number of thiophene rings is 1. The van der Waals surface area contributed by atoms with Crippen LogP contribution in [0.15, 0.2) is 17.5 Å². The molecule has 2 aliphatic heterocycles. The predicted octanol–water partition coefficient (Wildman–Crippen LogP) is 1.00. The first-order valence-electron chi connectivity index (χ1n) is 6.37. The molecule has 6 nitrogen and oxygen atoms in total. The monoisotopic (exact) mass is 298 g/mol. The van der Waals surface area contributed by atoms with Gasteiger partial charge in [-0.3, -0.25) is 0 Å². The number of aliphatic hydroxyl groups is 1. The summed E-state index contributed by atoms with van der Waals surface area (Å²) in [5, 5.41) is 12.3. The zero-order valence-corrected chi connectivity index (χ0v) is 11.6. The summed E-state index contributed by atoms with van der Waals surface area (Å²) in [6.45, 7) is 1.69. The minimum absolute atomic E-state index is 0.0843. The smallest absolute Gasteiger partial charge is 0.352 e. The average molecular weight is 298 g/mol. The molecule has 0 spiro atoms. The molecular formula is C13H14O6S. The van der Waals surface area contributed by atoms with Gasteiger partial charge in [0.15, 0.2) is 0 Å². The fraction of sp³-hybridized carbons (Fsp3) is 0.538. The van der Waals surface area contributed by atoms with Crippen molar-refractivity contribution in [3.05, 3.63) is 22.4 Å². The quantitative estimate of drug-likeness (QED) is 0.662. The molecular weight excluding hydrogens is 284 g/mol. The maximum atomic E-state index is 11.9. The Bertz CT molecular complexity index is 527. The van der Waals surface area contributed by atoms with Crippen molar-refractivity contribution in [3.8, 4) is 0 Å². The lowest BCUT2D eigenvalue weighted by Gasteiger charge is -2.21. The highest BCUT2D eigenvalue weighted by atomic mass is 32.1. The van der Waals surface area contributed by atoms with E-state index in [1.165, 1.54) is 11.3 Å². The van der Waals surface area contributed by atoms with Crippen molar-refractivity contribution in [1.29, 1.82) is 0 Å². The number of hydrogen-bond donors (Lipinski definition) is 1. The van der Waals surface area contributed by atoms with E-state index in [1.54, 1.807) is 6.92 Å². The number of carbonyl (C=O) groups is 2. The van der Waals surface area contributed by atoms with Crippen LogP contribution in [0.1, 0.15) is 24.3 Å². The topological polar surface area (TPSA) is 82.1 Å². The molecule has 2 saturated heterocycles. The third-order valence-corrected chi connectivity index (χ3v) is 4.58. The van der Waals surface area contributed by atoms with Gasteiger partial charge in [0.1, 0.15) is 0 Å². The number of fused-ring (bicyclic) bond motifs is 1. The van der Waals surface area contributed by atoms with Gasteiger partial charge in [-0.25, -0.2) is 9.59 Å². The highest BCUT2D eigenvalue weighted by Crippen LogP contribution is 2.48. The minimum Gasteiger partial charge on any atom is -0.463 e. The summed E-state index contributed by atoms with van der Waals surface area (Å²) in [7, 11) is 0. The Balaban J connectivity index is 1.84. The largest absolute Gasteiger partial charge is 0.463 e. The summed E-state index contributed by atoms with van der Waals surface area (Å²) in [4.78, 5) is 24.6. The molecule has 3 rings (SSSR count). The minimum atomic E-state index is -2.26. The molecule has 7 heteroatoms. The second-order valence-corrected chi connectivity index (χ2v) is 5.72. The number of esters is 2. The molecule has 0 radical (unpaired) electrons. The van der Waals surface area contributed by atoms with Gasteiger partial charge in [-0.2, -0.15) is 0 Å². The molecule has 0 saturated carbocycles. The Kier molecular flexibility index (Phi) is 3.27. The van der Waals surface area contributed by atoms with Crippen molar-refractivity contribution < 1.29 is 28.9 Å². The second kappa shape index (κ2) is 4.83. The highest BCUT2D eigenvalue weighted by Gasteiger charge is 2.66. The first-order chi connectivity index (χ1) is 9.57. The SMILES string of the molecule is CCOC(=O)[C@@]1(O)C(=O)OC2O[C@H](c3cccs3)CC21. The molecule has 4 atom stereocenters. The van der Waals surface area contributed by atoms with Gasteiger partial charge in [0.25, 0.3) is 5.60 Å². The van der Waals surface area contributed by atoms with E-state index in [9.17, 15) is 14.7 Å². The fourth-order valence-electron chi connectivity index (χ4n) is 2.61. The van der Waals surface area contributed by atoms with E-state index in [1.807, 2.05) is 17.5 Å². The van der Waals surface area contributed by atoms with Gasteiger partial charge in [0, 0.05) is 4.88 Å². The lowest BCUT2D eigenvalue weighted by Crippen LogP contribution is -2.50. The molecule has 20 heavy (non-hydrogen) atoms. The standard InChI is InChI=1S/C13H14O6S/c1-2-17-11(14)13(16)7-6-8(9-4-3-5-20-9)18-10(7)19-12(13)15/h3-5,7-8,10,16H,2,6H2,1H3/t7?,8-,10?,13+/m0/s1. The maximum absolute atomic E-state index is 11.9. The Labute approximate surface area is 119 Å². The van der Waals surface area contributed by atoms with E-state index >= 15 is 0 Å². The molecule has 0 aromatic carbocycles. The van der Waals surface area contributed by atoms with Gasteiger partial charge in [-0.05, 0) is 24.8 Å². The molecule has 2 unspecified atom stereocenters. The van der Waals surface area contributed by atoms with Crippen LogP contribution in [-0.4, -0.2) is 35.5 Å². The van der Waals surface area contributed by atoms with Crippen LogP contribution in [-0.2, 0) is 23.8 Å². The Hall–Kier alpha value is -1.44. The lowest BCUT2D eigenvalue weighted by molar-refractivity contribution is -0.180. The second-order valence-electron chi connectivity index (χ2n) is 4.74. The van der Waals surface area contributed by atoms with Crippen molar-refractivity contribution in [2.75, 3.05) is 6.61 Å². The molecule has 0 aliphatic carbocycles. The van der Waals surface area contributed by atoms with E-state index in [0.717, 1.165) is 4.88 Å². The normalized spacial score (nSPS) is 35.7. The average Bonchev–Trinajstić information content (AvgIpc) is 3.09. The third kappa shape index (κ3) is 1.85. The van der Waals surface area contributed by atoms with Crippen LogP contribution in [0.3, 0.4) is 0 Å².